The highest BCUT2D eigenvalue weighted by Crippen LogP contribution is 1.79. The average Bonchev–Trinajstić information content (AvgIpc) is 1.88. The first-order valence-corrected chi connectivity index (χ1v) is 3.20. The maximum Gasteiger partial charge on any atom is 0.227 e. The van der Waals surface area contributed by atoms with Gasteiger partial charge in [-0.2, -0.15) is 0 Å². The molecule has 0 bridgehead atoms. The summed E-state index contributed by atoms with van der Waals surface area (Å²) >= 11 is 0. The molecule has 0 radical (unpaired) electrons. The van der Waals surface area contributed by atoms with Gasteiger partial charge in [0.2, 0.25) is 5.91 Å². The van der Waals surface area contributed by atoms with Gasteiger partial charge in [0, 0.05) is 13.6 Å². The van der Waals surface area contributed by atoms with Gasteiger partial charge in [-0.15, -0.1) is 0 Å². The first-order chi connectivity index (χ1) is 4.70. The summed E-state index contributed by atoms with van der Waals surface area (Å²) in [5.41, 5.74) is 5.35. The van der Waals surface area contributed by atoms with Crippen molar-refractivity contribution in [2.24, 2.45) is 10.7 Å². The first kappa shape index (κ1) is 8.94. The standard InChI is InChI=1S/C6H13N3O/c1-3-9-5(7)4-6(10)8-2/h3-4H2,1-2H3,(H2,7,9)(H,8,10). The molecule has 0 rings (SSSR count). The van der Waals surface area contributed by atoms with E-state index in [2.05, 4.69) is 10.3 Å². The number of carbonyl (C=O) groups excluding carboxylic acids is 1. The molecule has 0 saturated heterocycles. The number of rotatable bonds is 3. The molecule has 0 aromatic rings. The van der Waals surface area contributed by atoms with E-state index in [0.717, 1.165) is 0 Å². The summed E-state index contributed by atoms with van der Waals surface area (Å²) in [5, 5.41) is 2.45. The summed E-state index contributed by atoms with van der Waals surface area (Å²) in [5.74, 6) is 0.288. The zero-order chi connectivity index (χ0) is 7.98. The van der Waals surface area contributed by atoms with Crippen molar-refractivity contribution in [2.75, 3.05) is 13.6 Å². The number of hydrogen-bond donors (Lipinski definition) is 2. The van der Waals surface area contributed by atoms with Gasteiger partial charge >= 0.3 is 0 Å². The maximum atomic E-state index is 10.6. The number of nitrogens with zero attached hydrogens (tertiary/aromatic N) is 1. The van der Waals surface area contributed by atoms with Gasteiger partial charge in [0.1, 0.15) is 5.84 Å². The number of nitrogens with one attached hydrogen (secondary N) is 1. The highest BCUT2D eigenvalue weighted by atomic mass is 16.1. The Kier molecular flexibility index (Phi) is 4.28. The fourth-order valence-corrected chi connectivity index (χ4v) is 0.512. The van der Waals surface area contributed by atoms with Crippen LogP contribution in [0.5, 0.6) is 0 Å². The van der Waals surface area contributed by atoms with Crippen LogP contribution in [0.1, 0.15) is 13.3 Å². The van der Waals surface area contributed by atoms with Crippen LogP contribution in [0.3, 0.4) is 0 Å². The number of hydrogen-bond acceptors (Lipinski definition) is 2. The monoisotopic (exact) mass is 143 g/mol. The second-order valence-corrected chi connectivity index (χ2v) is 1.82. The molecule has 4 nitrogen and oxygen atoms in total. The van der Waals surface area contributed by atoms with E-state index >= 15 is 0 Å². The third-order valence-corrected chi connectivity index (χ3v) is 0.982. The normalized spacial score (nSPS) is 11.2. The fraction of sp³-hybridized carbons (Fsp3) is 0.667. The van der Waals surface area contributed by atoms with Crippen molar-refractivity contribution in [2.45, 2.75) is 13.3 Å². The molecule has 0 aliphatic heterocycles. The predicted octanol–water partition coefficient (Wildman–Crippen LogP) is -0.500. The van der Waals surface area contributed by atoms with E-state index in [1.54, 1.807) is 7.05 Å². The van der Waals surface area contributed by atoms with Crippen LogP contribution in [-0.4, -0.2) is 25.3 Å². The van der Waals surface area contributed by atoms with Gasteiger partial charge in [0.25, 0.3) is 0 Å². The van der Waals surface area contributed by atoms with Crippen molar-refractivity contribution in [1.29, 1.82) is 0 Å². The molecule has 0 aliphatic rings. The van der Waals surface area contributed by atoms with Crippen molar-refractivity contribution in [3.8, 4) is 0 Å². The third-order valence-electron chi connectivity index (χ3n) is 0.982. The minimum Gasteiger partial charge on any atom is -0.387 e. The molecule has 10 heavy (non-hydrogen) atoms. The second kappa shape index (κ2) is 4.78. The highest BCUT2D eigenvalue weighted by molar-refractivity contribution is 5.98. The lowest BCUT2D eigenvalue weighted by molar-refractivity contribution is -0.119. The molecule has 0 aliphatic carbocycles. The highest BCUT2D eigenvalue weighted by Gasteiger charge is 1.98. The molecular formula is C6H13N3O. The van der Waals surface area contributed by atoms with Crippen molar-refractivity contribution >= 4 is 11.7 Å². The number of amidine groups is 1. The van der Waals surface area contributed by atoms with Crippen molar-refractivity contribution in [1.82, 2.24) is 5.32 Å². The third kappa shape index (κ3) is 3.88. The van der Waals surface area contributed by atoms with E-state index in [1.807, 2.05) is 6.92 Å². The summed E-state index contributed by atoms with van der Waals surface area (Å²) in [6.45, 7) is 2.50. The lowest BCUT2D eigenvalue weighted by Gasteiger charge is -1.97. The summed E-state index contributed by atoms with van der Waals surface area (Å²) < 4.78 is 0. The fourth-order valence-electron chi connectivity index (χ4n) is 0.512. The molecule has 0 unspecified atom stereocenters. The van der Waals surface area contributed by atoms with Gasteiger partial charge in [-0.05, 0) is 6.92 Å². The van der Waals surface area contributed by atoms with Crippen molar-refractivity contribution in [3.05, 3.63) is 0 Å². The SMILES string of the molecule is CCN=C(N)CC(=O)NC. The van der Waals surface area contributed by atoms with Gasteiger partial charge in [0.05, 0.1) is 6.42 Å². The van der Waals surface area contributed by atoms with Gasteiger partial charge in [0.15, 0.2) is 0 Å². The van der Waals surface area contributed by atoms with Crippen LogP contribution in [0.4, 0.5) is 0 Å². The summed E-state index contributed by atoms with van der Waals surface area (Å²) in [6.07, 6.45) is 0.199. The van der Waals surface area contributed by atoms with Crippen LogP contribution in [0, 0.1) is 0 Å². The van der Waals surface area contributed by atoms with E-state index in [1.165, 1.54) is 0 Å². The zero-order valence-electron chi connectivity index (χ0n) is 6.35. The maximum absolute atomic E-state index is 10.6. The molecular weight excluding hydrogens is 130 g/mol. The van der Waals surface area contributed by atoms with Crippen LogP contribution in [0.25, 0.3) is 0 Å². The zero-order valence-corrected chi connectivity index (χ0v) is 6.35. The molecule has 3 N–H and O–H groups in total. The second-order valence-electron chi connectivity index (χ2n) is 1.82. The van der Waals surface area contributed by atoms with Gasteiger partial charge in [-0.25, -0.2) is 0 Å². The Morgan fingerprint density at radius 2 is 2.30 bits per heavy atom. The minimum absolute atomic E-state index is 0.102. The number of carbonyl (C=O) groups is 1. The molecule has 0 saturated carbocycles. The molecule has 0 aromatic carbocycles. The smallest absolute Gasteiger partial charge is 0.227 e. The Bertz CT molecular complexity index is 142. The summed E-state index contributed by atoms with van der Waals surface area (Å²) in [4.78, 5) is 14.5. The largest absolute Gasteiger partial charge is 0.387 e. The van der Waals surface area contributed by atoms with Crippen LogP contribution >= 0.6 is 0 Å². The Balaban J connectivity index is 3.67. The molecule has 58 valence electrons. The topological polar surface area (TPSA) is 67.5 Å². The molecule has 4 heteroatoms. The number of nitrogens with two attached hydrogens (primary N) is 1. The number of aliphatic imine (C=N–C) groups is 1. The predicted molar refractivity (Wildman–Crippen MR) is 40.8 cm³/mol. The van der Waals surface area contributed by atoms with E-state index in [0.29, 0.717) is 12.4 Å². The van der Waals surface area contributed by atoms with Crippen LogP contribution in [-0.2, 0) is 4.79 Å². The molecule has 0 fully saturated rings. The van der Waals surface area contributed by atoms with E-state index in [4.69, 9.17) is 5.73 Å². The molecule has 0 atom stereocenters. The lowest BCUT2D eigenvalue weighted by atomic mass is 10.4. The Morgan fingerprint density at radius 1 is 1.70 bits per heavy atom. The quantitative estimate of drug-likeness (QED) is 0.413. The summed E-state index contributed by atoms with van der Waals surface area (Å²) in [6, 6.07) is 0. The van der Waals surface area contributed by atoms with Gasteiger partial charge in [-0.1, -0.05) is 0 Å². The van der Waals surface area contributed by atoms with Crippen LogP contribution in [0.15, 0.2) is 4.99 Å². The van der Waals surface area contributed by atoms with Crippen molar-refractivity contribution < 1.29 is 4.79 Å². The molecule has 0 aromatic heterocycles. The van der Waals surface area contributed by atoms with Gasteiger partial charge < -0.3 is 11.1 Å². The average molecular weight is 143 g/mol. The molecule has 1 amide bonds. The Labute approximate surface area is 60.5 Å². The summed E-state index contributed by atoms with van der Waals surface area (Å²) in [7, 11) is 1.57. The van der Waals surface area contributed by atoms with E-state index < -0.39 is 0 Å². The van der Waals surface area contributed by atoms with Crippen LogP contribution < -0.4 is 11.1 Å². The van der Waals surface area contributed by atoms with E-state index in [-0.39, 0.29) is 12.3 Å². The van der Waals surface area contributed by atoms with Crippen LogP contribution in [0.2, 0.25) is 0 Å². The molecule has 0 heterocycles. The van der Waals surface area contributed by atoms with E-state index in [9.17, 15) is 4.79 Å². The first-order valence-electron chi connectivity index (χ1n) is 3.20. The Hall–Kier alpha value is -1.06. The Morgan fingerprint density at radius 3 is 2.70 bits per heavy atom. The number of amides is 1. The molecule has 0 spiro atoms. The van der Waals surface area contributed by atoms with Crippen molar-refractivity contribution in [3.63, 3.8) is 0 Å². The van der Waals surface area contributed by atoms with Gasteiger partial charge in [-0.3, -0.25) is 9.79 Å². The minimum atomic E-state index is -0.102. The lowest BCUT2D eigenvalue weighted by Crippen LogP contribution is -2.25.